The lowest BCUT2D eigenvalue weighted by Crippen LogP contribution is -2.11. The highest BCUT2D eigenvalue weighted by Crippen LogP contribution is 2.43. The van der Waals surface area contributed by atoms with E-state index in [9.17, 15) is 0 Å². The predicted octanol–water partition coefficient (Wildman–Crippen LogP) is 18.5. The van der Waals surface area contributed by atoms with Crippen molar-refractivity contribution in [3.63, 3.8) is 0 Å². The molecule has 2 heterocycles. The fourth-order valence-corrected chi connectivity index (χ4v) is 10.2. The lowest BCUT2D eigenvalue weighted by molar-refractivity contribution is 0.669. The molecule has 69 heavy (non-hydrogen) atoms. The van der Waals surface area contributed by atoms with E-state index in [-0.39, 0.29) is 0 Å². The van der Waals surface area contributed by atoms with Crippen molar-refractivity contribution < 1.29 is 4.42 Å². The fraction of sp³-hybridized carbons (Fsp3) is 0. The van der Waals surface area contributed by atoms with E-state index in [1.807, 2.05) is 12.1 Å². The average molecular weight is 881 g/mol. The Morgan fingerprint density at radius 1 is 0.275 bits per heavy atom. The molecule has 0 aliphatic carbocycles. The molecule has 0 saturated carbocycles. The van der Waals surface area contributed by atoms with Gasteiger partial charge in [-0.1, -0.05) is 188 Å². The summed E-state index contributed by atoms with van der Waals surface area (Å²) in [7, 11) is 0. The molecular weight excluding hydrogens is 837 g/mol. The van der Waals surface area contributed by atoms with Crippen LogP contribution in [0, 0.1) is 0 Å². The molecule has 0 saturated heterocycles. The van der Waals surface area contributed by atoms with Crippen LogP contribution in [0.15, 0.2) is 271 Å². The summed E-state index contributed by atoms with van der Waals surface area (Å²) in [5.74, 6) is 0. The first kappa shape index (κ1) is 40.1. The number of hydrogen-bond donors (Lipinski definition) is 0. The molecule has 0 aliphatic rings. The Balaban J connectivity index is 0.873. The number of para-hydroxylation sites is 4. The molecule has 0 fully saturated rings. The lowest BCUT2D eigenvalue weighted by atomic mass is 9.97. The highest BCUT2D eigenvalue weighted by Gasteiger charge is 2.19. The van der Waals surface area contributed by atoms with Crippen molar-refractivity contribution in [2.75, 3.05) is 4.90 Å². The molecule has 3 nitrogen and oxygen atoms in total. The quantitative estimate of drug-likeness (QED) is 0.144. The van der Waals surface area contributed by atoms with Gasteiger partial charge in [-0.25, -0.2) is 0 Å². The van der Waals surface area contributed by atoms with Gasteiger partial charge in [-0.2, -0.15) is 0 Å². The first-order valence-corrected chi connectivity index (χ1v) is 23.6. The minimum atomic E-state index is 0.900. The van der Waals surface area contributed by atoms with E-state index in [2.05, 4.69) is 264 Å². The van der Waals surface area contributed by atoms with Crippen LogP contribution in [0.4, 0.5) is 17.1 Å². The van der Waals surface area contributed by atoms with Crippen molar-refractivity contribution in [1.82, 2.24) is 4.57 Å². The lowest BCUT2D eigenvalue weighted by Gasteiger charge is -2.28. The summed E-state index contributed by atoms with van der Waals surface area (Å²) < 4.78 is 8.65. The maximum Gasteiger partial charge on any atom is 0.136 e. The van der Waals surface area contributed by atoms with Crippen LogP contribution in [0.5, 0.6) is 0 Å². The van der Waals surface area contributed by atoms with Crippen LogP contribution in [-0.4, -0.2) is 4.57 Å². The van der Waals surface area contributed by atoms with Gasteiger partial charge < -0.3 is 13.9 Å². The summed E-state index contributed by atoms with van der Waals surface area (Å²) in [6.45, 7) is 0. The first-order valence-electron chi connectivity index (χ1n) is 23.6. The maximum absolute atomic E-state index is 6.27. The number of anilines is 3. The van der Waals surface area contributed by atoms with E-state index >= 15 is 0 Å². The topological polar surface area (TPSA) is 21.3 Å². The van der Waals surface area contributed by atoms with E-state index in [1.165, 1.54) is 32.9 Å². The van der Waals surface area contributed by atoms with Gasteiger partial charge in [0.05, 0.1) is 16.7 Å². The Morgan fingerprint density at radius 3 is 1.42 bits per heavy atom. The molecule has 11 aromatic carbocycles. The van der Waals surface area contributed by atoms with Gasteiger partial charge in [0, 0.05) is 44.2 Å². The van der Waals surface area contributed by atoms with Crippen molar-refractivity contribution in [2.24, 2.45) is 0 Å². The maximum atomic E-state index is 6.27. The average Bonchev–Trinajstić information content (AvgIpc) is 3.97. The van der Waals surface area contributed by atoms with Gasteiger partial charge in [0.25, 0.3) is 0 Å². The molecule has 0 atom stereocenters. The predicted molar refractivity (Wildman–Crippen MR) is 290 cm³/mol. The standard InChI is InChI=1S/C66H44N2O/c1-2-14-45(15-3-1)46-28-30-49(31-29-46)57-20-4-8-24-62(57)67(54-37-32-47(33-38-54)50-16-12-17-51(42-50)53-36-41-61-60-23-7-11-27-65(60)69-66(61)44-53)55-39-34-48(35-40-55)52-18-13-19-56(43-52)68-63-25-9-5-21-58(63)59-22-6-10-26-64(59)68/h1-44H. The monoisotopic (exact) mass is 880 g/mol. The molecule has 0 aliphatic heterocycles. The summed E-state index contributed by atoms with van der Waals surface area (Å²) >= 11 is 0. The van der Waals surface area contributed by atoms with Gasteiger partial charge in [0.2, 0.25) is 0 Å². The molecular formula is C66H44N2O. The number of furan rings is 1. The zero-order valence-corrected chi connectivity index (χ0v) is 37.7. The normalized spacial score (nSPS) is 11.5. The van der Waals surface area contributed by atoms with Crippen molar-refractivity contribution >= 4 is 60.8 Å². The summed E-state index contributed by atoms with van der Waals surface area (Å²) in [6, 6.07) is 96.1. The number of fused-ring (bicyclic) bond motifs is 6. The van der Waals surface area contributed by atoms with E-state index in [0.717, 1.165) is 89.2 Å². The highest BCUT2D eigenvalue weighted by molar-refractivity contribution is 6.09. The summed E-state index contributed by atoms with van der Waals surface area (Å²) in [4.78, 5) is 2.39. The van der Waals surface area contributed by atoms with Gasteiger partial charge in [-0.3, -0.25) is 0 Å². The molecule has 0 amide bonds. The third-order valence-electron chi connectivity index (χ3n) is 13.6. The largest absolute Gasteiger partial charge is 0.456 e. The van der Waals surface area contributed by atoms with E-state index < -0.39 is 0 Å². The zero-order chi connectivity index (χ0) is 45.7. The first-order chi connectivity index (χ1) is 34.2. The van der Waals surface area contributed by atoms with Crippen LogP contribution in [0.25, 0.3) is 105 Å². The molecule has 3 heteroatoms. The number of aromatic nitrogens is 1. The number of benzene rings is 11. The van der Waals surface area contributed by atoms with Crippen molar-refractivity contribution in [1.29, 1.82) is 0 Å². The Kier molecular flexibility index (Phi) is 9.84. The van der Waals surface area contributed by atoms with E-state index in [4.69, 9.17) is 4.42 Å². The number of nitrogens with zero attached hydrogens (tertiary/aromatic N) is 2. The van der Waals surface area contributed by atoms with Crippen molar-refractivity contribution in [3.8, 4) is 61.3 Å². The Bertz CT molecular complexity index is 3940. The molecule has 0 spiro atoms. The minimum absolute atomic E-state index is 0.900. The van der Waals surface area contributed by atoms with Crippen LogP contribution >= 0.6 is 0 Å². The van der Waals surface area contributed by atoms with Crippen molar-refractivity contribution in [3.05, 3.63) is 267 Å². The summed E-state index contributed by atoms with van der Waals surface area (Å²) in [6.07, 6.45) is 0. The Hall–Kier alpha value is -9.18. The number of hydrogen-bond acceptors (Lipinski definition) is 2. The molecule has 324 valence electrons. The minimum Gasteiger partial charge on any atom is -0.456 e. The van der Waals surface area contributed by atoms with Crippen molar-refractivity contribution in [2.45, 2.75) is 0 Å². The fourth-order valence-electron chi connectivity index (χ4n) is 10.2. The Morgan fingerprint density at radius 2 is 0.725 bits per heavy atom. The second-order valence-corrected chi connectivity index (χ2v) is 17.7. The summed E-state index contributed by atoms with van der Waals surface area (Å²) in [5, 5.41) is 4.79. The molecule has 0 bridgehead atoms. The molecule has 0 unspecified atom stereocenters. The number of rotatable bonds is 9. The third kappa shape index (κ3) is 7.25. The highest BCUT2D eigenvalue weighted by atomic mass is 16.3. The molecule has 2 aromatic heterocycles. The van der Waals surface area contributed by atoms with Gasteiger partial charge in [-0.15, -0.1) is 0 Å². The van der Waals surface area contributed by atoms with Crippen LogP contribution in [-0.2, 0) is 0 Å². The zero-order valence-electron chi connectivity index (χ0n) is 37.7. The van der Waals surface area contributed by atoms with E-state index in [1.54, 1.807) is 0 Å². The Labute approximate surface area is 401 Å². The summed E-state index contributed by atoms with van der Waals surface area (Å²) in [5.41, 5.74) is 20.2. The van der Waals surface area contributed by atoms with Gasteiger partial charge in [-0.05, 0) is 129 Å². The van der Waals surface area contributed by atoms with Gasteiger partial charge in [0.15, 0.2) is 0 Å². The van der Waals surface area contributed by atoms with Crippen LogP contribution < -0.4 is 4.90 Å². The molecule has 0 radical (unpaired) electrons. The smallest absolute Gasteiger partial charge is 0.136 e. The molecule has 13 rings (SSSR count). The van der Waals surface area contributed by atoms with Crippen LogP contribution in [0.1, 0.15) is 0 Å². The van der Waals surface area contributed by atoms with Gasteiger partial charge >= 0.3 is 0 Å². The van der Waals surface area contributed by atoms with Gasteiger partial charge in [0.1, 0.15) is 11.2 Å². The van der Waals surface area contributed by atoms with Crippen LogP contribution in [0.2, 0.25) is 0 Å². The second-order valence-electron chi connectivity index (χ2n) is 17.7. The van der Waals surface area contributed by atoms with Crippen LogP contribution in [0.3, 0.4) is 0 Å². The third-order valence-corrected chi connectivity index (χ3v) is 13.6. The molecule has 0 N–H and O–H groups in total. The SMILES string of the molecule is c1ccc(-c2ccc(-c3ccccc3N(c3ccc(-c4cccc(-c5ccc6c(c5)oc5ccccc56)c4)cc3)c3ccc(-c4cccc(-n5c6ccccc6c6ccccc65)c4)cc3)cc2)cc1. The molecule has 13 aromatic rings. The van der Waals surface area contributed by atoms with E-state index in [0.29, 0.717) is 0 Å². The second kappa shape index (κ2) is 16.9.